The maximum atomic E-state index is 3.59. The minimum Gasteiger partial charge on any atom is -0.310 e. The lowest BCUT2D eigenvalue weighted by Crippen LogP contribution is -2.20. The maximum Gasteiger partial charge on any atom is 0.0656 e. The van der Waals surface area contributed by atoms with Crippen molar-refractivity contribution in [2.24, 2.45) is 0 Å². The molecule has 0 spiro atoms. The van der Waals surface area contributed by atoms with Crippen LogP contribution in [0, 0.1) is 2.88 Å². The molecule has 1 heterocycles. The molecule has 0 saturated heterocycles. The van der Waals surface area contributed by atoms with Crippen molar-refractivity contribution in [2.45, 2.75) is 52.0 Å². The molecule has 1 atom stereocenters. The summed E-state index contributed by atoms with van der Waals surface area (Å²) in [5.41, 5.74) is 1.48. The van der Waals surface area contributed by atoms with Crippen molar-refractivity contribution in [3.8, 4) is 0 Å². The number of unbranched alkanes of at least 4 members (excludes halogenated alkanes) is 3. The summed E-state index contributed by atoms with van der Waals surface area (Å²) in [5.74, 6) is 0. The molecule has 16 heavy (non-hydrogen) atoms. The molecule has 0 aliphatic carbocycles. The van der Waals surface area contributed by atoms with Crippen molar-refractivity contribution in [1.29, 1.82) is 0 Å². The minimum absolute atomic E-state index is 0.571. The number of hydrogen-bond donors (Lipinski definition) is 1. The van der Waals surface area contributed by atoms with Crippen LogP contribution in [0.2, 0.25) is 0 Å². The average molecular weight is 351 g/mol. The monoisotopic (exact) mass is 351 g/mol. The maximum absolute atomic E-state index is 3.59. The highest BCUT2D eigenvalue weighted by atomic mass is 127. The van der Waals surface area contributed by atoms with Gasteiger partial charge in [-0.3, -0.25) is 0 Å². The summed E-state index contributed by atoms with van der Waals surface area (Å²) in [4.78, 5) is 0. The Kier molecular flexibility index (Phi) is 7.66. The van der Waals surface area contributed by atoms with Crippen LogP contribution in [0.25, 0.3) is 0 Å². The quantitative estimate of drug-likeness (QED) is 0.515. The first kappa shape index (κ1) is 14.5. The molecular formula is C13H22INS. The Morgan fingerprint density at radius 3 is 2.69 bits per heavy atom. The second-order valence-corrected chi connectivity index (χ2v) is 6.95. The average Bonchev–Trinajstić information content (AvgIpc) is 2.69. The highest BCUT2D eigenvalue weighted by molar-refractivity contribution is 14.1. The number of nitrogens with one attached hydrogen (secondary N) is 1. The van der Waals surface area contributed by atoms with E-state index in [0.717, 1.165) is 6.54 Å². The Bertz CT molecular complexity index is 285. The van der Waals surface area contributed by atoms with E-state index in [0.29, 0.717) is 6.04 Å². The van der Waals surface area contributed by atoms with Gasteiger partial charge in [-0.1, -0.05) is 39.5 Å². The molecule has 0 radical (unpaired) electrons. The lowest BCUT2D eigenvalue weighted by atomic mass is 10.0. The second kappa shape index (κ2) is 8.48. The normalized spacial score (nSPS) is 12.9. The third kappa shape index (κ3) is 5.15. The Morgan fingerprint density at radius 2 is 2.12 bits per heavy atom. The van der Waals surface area contributed by atoms with Crippen molar-refractivity contribution >= 4 is 33.9 Å². The van der Waals surface area contributed by atoms with Crippen LogP contribution in [0.4, 0.5) is 0 Å². The summed E-state index contributed by atoms with van der Waals surface area (Å²) >= 11 is 4.25. The van der Waals surface area contributed by atoms with E-state index in [1.807, 2.05) is 11.3 Å². The number of rotatable bonds is 8. The molecule has 1 unspecified atom stereocenters. The first-order chi connectivity index (χ1) is 7.77. The molecule has 1 aromatic heterocycles. The highest BCUT2D eigenvalue weighted by Crippen LogP contribution is 2.26. The van der Waals surface area contributed by atoms with Gasteiger partial charge in [-0.25, -0.2) is 0 Å². The molecular weight excluding hydrogens is 329 g/mol. The molecule has 92 valence electrons. The van der Waals surface area contributed by atoms with Gasteiger partial charge in [-0.2, -0.15) is 0 Å². The van der Waals surface area contributed by atoms with Crippen molar-refractivity contribution in [3.63, 3.8) is 0 Å². The Balaban J connectivity index is 2.41. The van der Waals surface area contributed by atoms with Gasteiger partial charge in [0.2, 0.25) is 0 Å². The zero-order chi connectivity index (χ0) is 11.8. The van der Waals surface area contributed by atoms with Gasteiger partial charge >= 0.3 is 0 Å². The number of hydrogen-bond acceptors (Lipinski definition) is 2. The molecule has 0 aliphatic heterocycles. The Hall–Kier alpha value is 0.390. The highest BCUT2D eigenvalue weighted by Gasteiger charge is 2.11. The van der Waals surface area contributed by atoms with Gasteiger partial charge in [0, 0.05) is 6.04 Å². The van der Waals surface area contributed by atoms with Crippen LogP contribution in [-0.2, 0) is 0 Å². The molecule has 3 heteroatoms. The first-order valence-electron chi connectivity index (χ1n) is 6.25. The van der Waals surface area contributed by atoms with E-state index in [2.05, 4.69) is 53.2 Å². The van der Waals surface area contributed by atoms with Crippen molar-refractivity contribution in [2.75, 3.05) is 6.54 Å². The van der Waals surface area contributed by atoms with Crippen molar-refractivity contribution in [1.82, 2.24) is 5.32 Å². The van der Waals surface area contributed by atoms with Crippen LogP contribution >= 0.6 is 33.9 Å². The van der Waals surface area contributed by atoms with Gasteiger partial charge in [0.05, 0.1) is 2.88 Å². The van der Waals surface area contributed by atoms with Gasteiger partial charge in [0.15, 0.2) is 0 Å². The summed E-state index contributed by atoms with van der Waals surface area (Å²) in [5, 5.41) is 5.89. The van der Waals surface area contributed by atoms with E-state index in [-0.39, 0.29) is 0 Å². The third-order valence-corrected chi connectivity index (χ3v) is 4.59. The van der Waals surface area contributed by atoms with Crippen LogP contribution in [0.15, 0.2) is 11.4 Å². The molecule has 0 amide bonds. The van der Waals surface area contributed by atoms with Gasteiger partial charge < -0.3 is 5.32 Å². The third-order valence-electron chi connectivity index (χ3n) is 2.79. The largest absolute Gasteiger partial charge is 0.310 e. The molecule has 1 nitrogen and oxygen atoms in total. The van der Waals surface area contributed by atoms with Crippen LogP contribution in [0.5, 0.6) is 0 Å². The molecule has 0 aliphatic rings. The molecule has 0 fully saturated rings. The van der Waals surface area contributed by atoms with Gasteiger partial charge in [-0.05, 0) is 52.6 Å². The van der Waals surface area contributed by atoms with Crippen molar-refractivity contribution in [3.05, 3.63) is 19.9 Å². The summed E-state index contributed by atoms with van der Waals surface area (Å²) in [7, 11) is 0. The standard InChI is InChI=1S/C13H22INS/c1-3-5-6-7-8-12(15-4-2)11-9-13(14)16-10-11/h9-10,12,15H,3-8H2,1-2H3. The van der Waals surface area contributed by atoms with Crippen LogP contribution < -0.4 is 5.32 Å². The molecule has 1 aromatic rings. The topological polar surface area (TPSA) is 12.0 Å². The predicted molar refractivity (Wildman–Crippen MR) is 82.2 cm³/mol. The van der Waals surface area contributed by atoms with E-state index >= 15 is 0 Å². The Morgan fingerprint density at radius 1 is 1.31 bits per heavy atom. The molecule has 0 bridgehead atoms. The van der Waals surface area contributed by atoms with Crippen molar-refractivity contribution < 1.29 is 0 Å². The summed E-state index contributed by atoms with van der Waals surface area (Å²) < 4.78 is 1.39. The molecule has 1 N–H and O–H groups in total. The zero-order valence-corrected chi connectivity index (χ0v) is 13.2. The fourth-order valence-electron chi connectivity index (χ4n) is 1.91. The Labute approximate surface area is 117 Å². The second-order valence-electron chi connectivity index (χ2n) is 4.14. The van der Waals surface area contributed by atoms with Gasteiger partial charge in [0.25, 0.3) is 0 Å². The fraction of sp³-hybridized carbons (Fsp3) is 0.692. The summed E-state index contributed by atoms with van der Waals surface area (Å²) in [6.45, 7) is 5.52. The first-order valence-corrected chi connectivity index (χ1v) is 8.21. The van der Waals surface area contributed by atoms with Crippen LogP contribution in [-0.4, -0.2) is 6.54 Å². The minimum atomic E-state index is 0.571. The smallest absolute Gasteiger partial charge is 0.0656 e. The van der Waals surface area contributed by atoms with E-state index in [1.54, 1.807) is 0 Å². The zero-order valence-electron chi connectivity index (χ0n) is 10.3. The van der Waals surface area contributed by atoms with Gasteiger partial charge in [-0.15, -0.1) is 11.3 Å². The van der Waals surface area contributed by atoms with Crippen LogP contribution in [0.1, 0.15) is 57.6 Å². The lowest BCUT2D eigenvalue weighted by Gasteiger charge is -2.16. The van der Waals surface area contributed by atoms with E-state index in [9.17, 15) is 0 Å². The number of thiophene rings is 1. The summed E-state index contributed by atoms with van der Waals surface area (Å²) in [6.07, 6.45) is 6.69. The molecule has 0 aromatic carbocycles. The van der Waals surface area contributed by atoms with E-state index in [1.165, 1.54) is 40.6 Å². The molecule has 1 rings (SSSR count). The van der Waals surface area contributed by atoms with E-state index < -0.39 is 0 Å². The molecule has 0 saturated carbocycles. The lowest BCUT2D eigenvalue weighted by molar-refractivity contribution is 0.483. The van der Waals surface area contributed by atoms with Gasteiger partial charge in [0.1, 0.15) is 0 Å². The number of halogens is 1. The fourth-order valence-corrected chi connectivity index (χ4v) is 3.34. The van der Waals surface area contributed by atoms with Crippen LogP contribution in [0.3, 0.4) is 0 Å². The predicted octanol–water partition coefficient (Wildman–Crippen LogP) is 4.97. The summed E-state index contributed by atoms with van der Waals surface area (Å²) in [6, 6.07) is 2.89. The SMILES string of the molecule is CCCCCCC(NCC)c1csc(I)c1. The van der Waals surface area contributed by atoms with E-state index in [4.69, 9.17) is 0 Å².